The van der Waals surface area contributed by atoms with Gasteiger partial charge in [0.1, 0.15) is 0 Å². The Kier molecular flexibility index (Phi) is 4.04. The van der Waals surface area contributed by atoms with Crippen molar-refractivity contribution >= 4 is 11.6 Å². The van der Waals surface area contributed by atoms with Crippen molar-refractivity contribution in [3.8, 4) is 0 Å². The molecule has 2 rings (SSSR count). The number of nitrogens with zero attached hydrogens (tertiary/aromatic N) is 3. The predicted molar refractivity (Wildman–Crippen MR) is 76.0 cm³/mol. The molecular formula is C14H22N4O. The number of aryl methyl sites for hydroxylation is 1. The lowest BCUT2D eigenvalue weighted by Crippen LogP contribution is -2.53. The number of nitrogens with two attached hydrogens (primary N) is 1. The molecule has 1 aromatic heterocycles. The van der Waals surface area contributed by atoms with Crippen LogP contribution in [-0.4, -0.2) is 53.4 Å². The molecule has 1 saturated heterocycles. The minimum atomic E-state index is 0.0452. The average molecular weight is 262 g/mol. The van der Waals surface area contributed by atoms with Crippen LogP contribution in [0.3, 0.4) is 0 Å². The molecular weight excluding hydrogens is 240 g/mol. The Balaban J connectivity index is 2.18. The van der Waals surface area contributed by atoms with Crippen LogP contribution in [-0.2, 0) is 0 Å². The first kappa shape index (κ1) is 13.8. The fourth-order valence-corrected chi connectivity index (χ4v) is 2.51. The van der Waals surface area contributed by atoms with E-state index in [1.165, 1.54) is 0 Å². The summed E-state index contributed by atoms with van der Waals surface area (Å²) in [6.07, 6.45) is 2.64. The Bertz CT molecular complexity index is 475. The fourth-order valence-electron chi connectivity index (χ4n) is 2.51. The van der Waals surface area contributed by atoms with E-state index in [9.17, 15) is 4.79 Å². The summed E-state index contributed by atoms with van der Waals surface area (Å²) in [5.74, 6) is 0.0452. The Hall–Kier alpha value is -1.62. The van der Waals surface area contributed by atoms with Crippen LogP contribution in [0.15, 0.2) is 12.3 Å². The third-order valence-corrected chi connectivity index (χ3v) is 3.87. The maximum Gasteiger partial charge on any atom is 0.255 e. The number of carbonyl (C=O) groups excluding carboxylic acids is 1. The highest BCUT2D eigenvalue weighted by Gasteiger charge is 2.27. The lowest BCUT2D eigenvalue weighted by Gasteiger charge is -2.39. The van der Waals surface area contributed by atoms with Crippen molar-refractivity contribution in [3.05, 3.63) is 23.5 Å². The van der Waals surface area contributed by atoms with Crippen LogP contribution in [0.25, 0.3) is 0 Å². The molecule has 0 saturated carbocycles. The van der Waals surface area contributed by atoms with Crippen LogP contribution < -0.4 is 5.73 Å². The third kappa shape index (κ3) is 2.87. The van der Waals surface area contributed by atoms with Gasteiger partial charge in [0, 0.05) is 25.7 Å². The van der Waals surface area contributed by atoms with E-state index in [0.29, 0.717) is 17.3 Å². The number of pyridine rings is 1. The summed E-state index contributed by atoms with van der Waals surface area (Å²) in [5, 5.41) is 0. The number of carbonyl (C=O) groups is 1. The molecule has 1 aliphatic rings. The van der Waals surface area contributed by atoms with Crippen molar-refractivity contribution < 1.29 is 4.79 Å². The molecule has 0 aromatic carbocycles. The molecule has 1 fully saturated rings. The first-order chi connectivity index (χ1) is 9.02. The van der Waals surface area contributed by atoms with Crippen LogP contribution in [0.5, 0.6) is 0 Å². The smallest absolute Gasteiger partial charge is 0.255 e. The largest absolute Gasteiger partial charge is 0.397 e. The van der Waals surface area contributed by atoms with Gasteiger partial charge in [0.2, 0.25) is 0 Å². The number of hydrogen-bond donors (Lipinski definition) is 1. The van der Waals surface area contributed by atoms with Crippen molar-refractivity contribution in [3.63, 3.8) is 0 Å². The van der Waals surface area contributed by atoms with Crippen LogP contribution >= 0.6 is 0 Å². The number of anilines is 1. The first-order valence-corrected chi connectivity index (χ1v) is 6.74. The molecule has 19 heavy (non-hydrogen) atoms. The second kappa shape index (κ2) is 5.57. The zero-order valence-electron chi connectivity index (χ0n) is 11.9. The number of nitrogen functional groups attached to an aromatic ring is 1. The molecule has 0 bridgehead atoms. The van der Waals surface area contributed by atoms with Crippen molar-refractivity contribution in [2.75, 3.05) is 32.4 Å². The maximum atomic E-state index is 12.6. The standard InChI is InChI=1S/C14H22N4O/c1-4-12-9-18(6-5-17(12)3)14(19)13-7-11(15)8-16-10(13)2/h7-8,12H,4-6,9,15H2,1-3H3. The Morgan fingerprint density at radius 2 is 2.26 bits per heavy atom. The van der Waals surface area contributed by atoms with E-state index in [2.05, 4.69) is 23.9 Å². The van der Waals surface area contributed by atoms with E-state index >= 15 is 0 Å². The topological polar surface area (TPSA) is 62.5 Å². The molecule has 5 heteroatoms. The summed E-state index contributed by atoms with van der Waals surface area (Å²) in [4.78, 5) is 20.9. The molecule has 1 aliphatic heterocycles. The van der Waals surface area contributed by atoms with E-state index in [0.717, 1.165) is 31.7 Å². The molecule has 0 aliphatic carbocycles. The zero-order valence-corrected chi connectivity index (χ0v) is 11.9. The monoisotopic (exact) mass is 262 g/mol. The van der Waals surface area contributed by atoms with Gasteiger partial charge in [-0.15, -0.1) is 0 Å². The van der Waals surface area contributed by atoms with E-state index in [4.69, 9.17) is 5.73 Å². The summed E-state index contributed by atoms with van der Waals surface area (Å²) in [7, 11) is 2.11. The van der Waals surface area contributed by atoms with Gasteiger partial charge in [-0.05, 0) is 26.5 Å². The number of amides is 1. The van der Waals surface area contributed by atoms with Crippen LogP contribution in [0, 0.1) is 6.92 Å². The van der Waals surface area contributed by atoms with E-state index < -0.39 is 0 Å². The summed E-state index contributed by atoms with van der Waals surface area (Å²) in [6.45, 7) is 6.46. The molecule has 1 amide bonds. The minimum absolute atomic E-state index is 0.0452. The van der Waals surface area contributed by atoms with Crippen molar-refractivity contribution in [2.24, 2.45) is 0 Å². The normalized spacial score (nSPS) is 20.6. The van der Waals surface area contributed by atoms with Gasteiger partial charge in [0.25, 0.3) is 5.91 Å². The van der Waals surface area contributed by atoms with Gasteiger partial charge in [-0.2, -0.15) is 0 Å². The van der Waals surface area contributed by atoms with Gasteiger partial charge < -0.3 is 10.6 Å². The summed E-state index contributed by atoms with van der Waals surface area (Å²) < 4.78 is 0. The van der Waals surface area contributed by atoms with Crippen LogP contribution in [0.4, 0.5) is 5.69 Å². The van der Waals surface area contributed by atoms with E-state index in [1.807, 2.05) is 11.8 Å². The van der Waals surface area contributed by atoms with Gasteiger partial charge in [0.15, 0.2) is 0 Å². The molecule has 2 heterocycles. The quantitative estimate of drug-likeness (QED) is 0.868. The van der Waals surface area contributed by atoms with Gasteiger partial charge in [-0.25, -0.2) is 0 Å². The molecule has 2 N–H and O–H groups in total. The lowest BCUT2D eigenvalue weighted by molar-refractivity contribution is 0.0541. The fraction of sp³-hybridized carbons (Fsp3) is 0.571. The number of aromatic nitrogens is 1. The number of likely N-dealkylation sites (N-methyl/N-ethyl adjacent to an activating group) is 1. The van der Waals surface area contributed by atoms with Gasteiger partial charge in [-0.3, -0.25) is 14.7 Å². The van der Waals surface area contributed by atoms with Gasteiger partial charge >= 0.3 is 0 Å². The molecule has 1 unspecified atom stereocenters. The highest BCUT2D eigenvalue weighted by Crippen LogP contribution is 2.17. The maximum absolute atomic E-state index is 12.6. The molecule has 104 valence electrons. The summed E-state index contributed by atoms with van der Waals surface area (Å²) in [6, 6.07) is 2.16. The molecule has 1 atom stereocenters. The van der Waals surface area contributed by atoms with Gasteiger partial charge in [0.05, 0.1) is 23.1 Å². The average Bonchev–Trinajstić information content (AvgIpc) is 2.41. The molecule has 0 radical (unpaired) electrons. The second-order valence-corrected chi connectivity index (χ2v) is 5.20. The third-order valence-electron chi connectivity index (χ3n) is 3.87. The molecule has 1 aromatic rings. The summed E-state index contributed by atoms with van der Waals surface area (Å²) in [5.41, 5.74) is 7.63. The Morgan fingerprint density at radius 3 is 2.95 bits per heavy atom. The SMILES string of the molecule is CCC1CN(C(=O)c2cc(N)cnc2C)CCN1C. The summed E-state index contributed by atoms with van der Waals surface area (Å²) >= 11 is 0. The van der Waals surface area contributed by atoms with Crippen molar-refractivity contribution in [1.82, 2.24) is 14.8 Å². The Morgan fingerprint density at radius 1 is 1.53 bits per heavy atom. The highest BCUT2D eigenvalue weighted by molar-refractivity contribution is 5.96. The number of hydrogen-bond acceptors (Lipinski definition) is 4. The zero-order chi connectivity index (χ0) is 14.0. The lowest BCUT2D eigenvalue weighted by atomic mass is 10.1. The first-order valence-electron chi connectivity index (χ1n) is 6.74. The Labute approximate surface area is 114 Å². The van der Waals surface area contributed by atoms with Crippen molar-refractivity contribution in [1.29, 1.82) is 0 Å². The van der Waals surface area contributed by atoms with Crippen LogP contribution in [0.2, 0.25) is 0 Å². The van der Waals surface area contributed by atoms with Crippen molar-refractivity contribution in [2.45, 2.75) is 26.3 Å². The van der Waals surface area contributed by atoms with E-state index in [-0.39, 0.29) is 5.91 Å². The van der Waals surface area contributed by atoms with Gasteiger partial charge in [-0.1, -0.05) is 6.92 Å². The second-order valence-electron chi connectivity index (χ2n) is 5.20. The number of piperazine rings is 1. The minimum Gasteiger partial charge on any atom is -0.397 e. The highest BCUT2D eigenvalue weighted by atomic mass is 16.2. The number of rotatable bonds is 2. The predicted octanol–water partition coefficient (Wildman–Crippen LogP) is 1.14. The van der Waals surface area contributed by atoms with E-state index in [1.54, 1.807) is 12.3 Å². The van der Waals surface area contributed by atoms with Crippen LogP contribution in [0.1, 0.15) is 29.4 Å². The molecule has 5 nitrogen and oxygen atoms in total. The molecule has 0 spiro atoms.